The second-order valence-electron chi connectivity index (χ2n) is 3.79. The topological polar surface area (TPSA) is 104 Å². The van der Waals surface area contributed by atoms with Gasteiger partial charge in [-0.05, 0) is 6.92 Å². The standard InChI is InChI=1S/C10H15N7O/c1-3-17-6-13-15-8(17)5-12-10(18)9-7(11)4-14-16(9)2/h4,6H,3,5,11H2,1-2H3,(H,12,18). The van der Waals surface area contributed by atoms with E-state index >= 15 is 0 Å². The summed E-state index contributed by atoms with van der Waals surface area (Å²) in [5.41, 5.74) is 6.37. The van der Waals surface area contributed by atoms with E-state index in [-0.39, 0.29) is 5.91 Å². The van der Waals surface area contributed by atoms with Gasteiger partial charge in [-0.15, -0.1) is 10.2 Å². The van der Waals surface area contributed by atoms with Crippen molar-refractivity contribution in [3.05, 3.63) is 24.0 Å². The average Bonchev–Trinajstić information content (AvgIpc) is 2.93. The Morgan fingerprint density at radius 1 is 1.56 bits per heavy atom. The molecule has 0 aromatic carbocycles. The fourth-order valence-corrected chi connectivity index (χ4v) is 1.66. The molecule has 8 nitrogen and oxygen atoms in total. The number of amides is 1. The molecule has 0 aliphatic heterocycles. The lowest BCUT2D eigenvalue weighted by atomic mass is 10.3. The first-order valence-electron chi connectivity index (χ1n) is 5.55. The summed E-state index contributed by atoms with van der Waals surface area (Å²) in [4.78, 5) is 11.9. The number of nitrogen functional groups attached to an aromatic ring is 1. The fraction of sp³-hybridized carbons (Fsp3) is 0.400. The minimum absolute atomic E-state index is 0.279. The molecule has 2 aromatic rings. The van der Waals surface area contributed by atoms with Crippen LogP contribution < -0.4 is 11.1 Å². The number of aryl methyl sites for hydroxylation is 2. The van der Waals surface area contributed by atoms with Crippen molar-refractivity contribution < 1.29 is 4.79 Å². The summed E-state index contributed by atoms with van der Waals surface area (Å²) in [5.74, 6) is 0.421. The lowest BCUT2D eigenvalue weighted by molar-refractivity contribution is 0.0941. The van der Waals surface area contributed by atoms with Crippen LogP contribution in [0.1, 0.15) is 23.2 Å². The summed E-state index contributed by atoms with van der Waals surface area (Å²) in [7, 11) is 1.67. The van der Waals surface area contributed by atoms with Gasteiger partial charge in [-0.3, -0.25) is 9.48 Å². The third kappa shape index (κ3) is 2.17. The van der Waals surface area contributed by atoms with E-state index in [4.69, 9.17) is 5.73 Å². The van der Waals surface area contributed by atoms with Gasteiger partial charge in [-0.2, -0.15) is 5.10 Å². The first-order valence-corrected chi connectivity index (χ1v) is 5.55. The normalized spacial score (nSPS) is 10.6. The van der Waals surface area contributed by atoms with Crippen molar-refractivity contribution in [2.75, 3.05) is 5.73 Å². The van der Waals surface area contributed by atoms with Gasteiger partial charge in [-0.25, -0.2) is 0 Å². The number of nitrogens with one attached hydrogen (secondary N) is 1. The van der Waals surface area contributed by atoms with Crippen LogP contribution >= 0.6 is 0 Å². The Hall–Kier alpha value is -2.38. The maximum absolute atomic E-state index is 11.9. The molecule has 0 bridgehead atoms. The van der Waals surface area contributed by atoms with Gasteiger partial charge in [0.15, 0.2) is 5.82 Å². The van der Waals surface area contributed by atoms with E-state index in [9.17, 15) is 4.79 Å². The predicted molar refractivity (Wildman–Crippen MR) is 64.5 cm³/mol. The zero-order valence-electron chi connectivity index (χ0n) is 10.3. The fourth-order valence-electron chi connectivity index (χ4n) is 1.66. The van der Waals surface area contributed by atoms with Crippen molar-refractivity contribution in [3.8, 4) is 0 Å². The summed E-state index contributed by atoms with van der Waals surface area (Å²) in [6.45, 7) is 3.04. The van der Waals surface area contributed by atoms with Crippen LogP contribution in [0.25, 0.3) is 0 Å². The molecule has 0 spiro atoms. The molecule has 3 N–H and O–H groups in total. The van der Waals surface area contributed by atoms with E-state index in [0.29, 0.717) is 23.8 Å². The molecule has 0 radical (unpaired) electrons. The Balaban J connectivity index is 2.05. The summed E-state index contributed by atoms with van der Waals surface area (Å²) < 4.78 is 3.29. The summed E-state index contributed by atoms with van der Waals surface area (Å²) in [6, 6.07) is 0. The minimum atomic E-state index is -0.279. The molecule has 0 fully saturated rings. The van der Waals surface area contributed by atoms with E-state index in [1.165, 1.54) is 10.9 Å². The van der Waals surface area contributed by atoms with Crippen LogP contribution in [-0.4, -0.2) is 30.5 Å². The lowest BCUT2D eigenvalue weighted by Crippen LogP contribution is -2.27. The molecule has 2 heterocycles. The van der Waals surface area contributed by atoms with E-state index < -0.39 is 0 Å². The quantitative estimate of drug-likeness (QED) is 0.763. The monoisotopic (exact) mass is 249 g/mol. The average molecular weight is 249 g/mol. The number of carbonyl (C=O) groups excluding carboxylic acids is 1. The Kier molecular flexibility index (Phi) is 3.26. The molecule has 0 saturated carbocycles. The third-order valence-corrected chi connectivity index (χ3v) is 2.63. The van der Waals surface area contributed by atoms with Gasteiger partial charge in [0.05, 0.1) is 18.4 Å². The molecular weight excluding hydrogens is 234 g/mol. The van der Waals surface area contributed by atoms with Crippen LogP contribution in [0.2, 0.25) is 0 Å². The molecule has 18 heavy (non-hydrogen) atoms. The Labute approximate surface area is 104 Å². The van der Waals surface area contributed by atoms with Gasteiger partial charge >= 0.3 is 0 Å². The summed E-state index contributed by atoms with van der Waals surface area (Å²) in [5, 5.41) is 14.4. The van der Waals surface area contributed by atoms with E-state index in [1.807, 2.05) is 11.5 Å². The van der Waals surface area contributed by atoms with Crippen molar-refractivity contribution in [1.29, 1.82) is 0 Å². The van der Waals surface area contributed by atoms with Crippen molar-refractivity contribution in [3.63, 3.8) is 0 Å². The number of hydrogen-bond acceptors (Lipinski definition) is 5. The molecule has 2 rings (SSSR count). The van der Waals surface area contributed by atoms with Crippen molar-refractivity contribution in [1.82, 2.24) is 29.9 Å². The third-order valence-electron chi connectivity index (χ3n) is 2.63. The predicted octanol–water partition coefficient (Wildman–Crippen LogP) is -0.456. The SMILES string of the molecule is CCn1cnnc1CNC(=O)c1c(N)cnn1C. The van der Waals surface area contributed by atoms with Gasteiger partial charge in [0.1, 0.15) is 12.0 Å². The minimum Gasteiger partial charge on any atom is -0.396 e. The molecule has 1 amide bonds. The molecule has 0 aliphatic rings. The van der Waals surface area contributed by atoms with Crippen LogP contribution in [0.3, 0.4) is 0 Å². The number of nitrogens with two attached hydrogens (primary N) is 1. The van der Waals surface area contributed by atoms with Gasteiger partial charge in [0.2, 0.25) is 0 Å². The highest BCUT2D eigenvalue weighted by molar-refractivity contribution is 5.97. The molecule has 0 saturated heterocycles. The van der Waals surface area contributed by atoms with Crippen LogP contribution in [-0.2, 0) is 20.1 Å². The second kappa shape index (κ2) is 4.86. The highest BCUT2D eigenvalue weighted by Gasteiger charge is 2.15. The zero-order chi connectivity index (χ0) is 13.1. The molecular formula is C10H15N7O. The lowest BCUT2D eigenvalue weighted by Gasteiger charge is -2.06. The van der Waals surface area contributed by atoms with Crippen LogP contribution in [0.4, 0.5) is 5.69 Å². The van der Waals surface area contributed by atoms with E-state index in [2.05, 4.69) is 20.6 Å². The van der Waals surface area contributed by atoms with E-state index in [1.54, 1.807) is 13.4 Å². The Morgan fingerprint density at radius 3 is 2.94 bits per heavy atom. The molecule has 0 unspecified atom stereocenters. The van der Waals surface area contributed by atoms with Crippen molar-refractivity contribution in [2.24, 2.45) is 7.05 Å². The van der Waals surface area contributed by atoms with Crippen LogP contribution in [0.5, 0.6) is 0 Å². The summed E-state index contributed by atoms with van der Waals surface area (Å²) >= 11 is 0. The number of hydrogen-bond donors (Lipinski definition) is 2. The molecule has 8 heteroatoms. The first kappa shape index (κ1) is 12.1. The van der Waals surface area contributed by atoms with Gasteiger partial charge in [0.25, 0.3) is 5.91 Å². The highest BCUT2D eigenvalue weighted by Crippen LogP contribution is 2.08. The number of aromatic nitrogens is 5. The van der Waals surface area contributed by atoms with Crippen molar-refractivity contribution >= 4 is 11.6 Å². The van der Waals surface area contributed by atoms with Gasteiger partial charge < -0.3 is 15.6 Å². The van der Waals surface area contributed by atoms with E-state index in [0.717, 1.165) is 6.54 Å². The maximum Gasteiger partial charge on any atom is 0.272 e. The summed E-state index contributed by atoms with van der Waals surface area (Å²) in [6.07, 6.45) is 3.07. The first-order chi connectivity index (χ1) is 8.63. The highest BCUT2D eigenvalue weighted by atomic mass is 16.2. The van der Waals surface area contributed by atoms with Crippen LogP contribution in [0.15, 0.2) is 12.5 Å². The number of nitrogens with zero attached hydrogens (tertiary/aromatic N) is 5. The maximum atomic E-state index is 11.9. The van der Waals surface area contributed by atoms with Gasteiger partial charge in [-0.1, -0.05) is 0 Å². The molecule has 0 atom stereocenters. The molecule has 96 valence electrons. The Morgan fingerprint density at radius 2 is 2.33 bits per heavy atom. The number of rotatable bonds is 4. The number of anilines is 1. The van der Waals surface area contributed by atoms with Crippen LogP contribution in [0, 0.1) is 0 Å². The smallest absolute Gasteiger partial charge is 0.272 e. The van der Waals surface area contributed by atoms with Crippen molar-refractivity contribution in [2.45, 2.75) is 20.0 Å². The second-order valence-corrected chi connectivity index (χ2v) is 3.79. The largest absolute Gasteiger partial charge is 0.396 e. The molecule has 0 aliphatic carbocycles. The number of carbonyl (C=O) groups is 1. The van der Waals surface area contributed by atoms with Gasteiger partial charge in [0, 0.05) is 13.6 Å². The molecule has 2 aromatic heterocycles. The Bertz CT molecular complexity index is 537. The zero-order valence-corrected chi connectivity index (χ0v) is 10.3.